The Morgan fingerprint density at radius 2 is 1.38 bits per heavy atom. The summed E-state index contributed by atoms with van der Waals surface area (Å²) >= 11 is 0. The summed E-state index contributed by atoms with van der Waals surface area (Å²) in [6.07, 6.45) is 6.37. The van der Waals surface area contributed by atoms with Gasteiger partial charge < -0.3 is 0 Å². The van der Waals surface area contributed by atoms with E-state index in [1.807, 2.05) is 30.3 Å². The molecule has 3 aromatic carbocycles. The molecule has 132 valence electrons. The Labute approximate surface area is 153 Å². The highest BCUT2D eigenvalue weighted by Gasteiger charge is 2.10. The van der Waals surface area contributed by atoms with Crippen molar-refractivity contribution in [2.24, 2.45) is 0 Å². The first kappa shape index (κ1) is 18.1. The molecule has 26 heavy (non-hydrogen) atoms. The fourth-order valence-electron chi connectivity index (χ4n) is 3.12. The molecule has 0 aliphatic carbocycles. The Kier molecular flexibility index (Phi) is 5.96. The van der Waals surface area contributed by atoms with E-state index in [1.165, 1.54) is 17.7 Å². The zero-order valence-electron chi connectivity index (χ0n) is 14.7. The molecule has 0 saturated carbocycles. The van der Waals surface area contributed by atoms with Crippen LogP contribution < -0.4 is 0 Å². The van der Waals surface area contributed by atoms with Crippen molar-refractivity contribution in [1.29, 1.82) is 0 Å². The SMILES string of the molecule is C=CCCCCc1ccc(-c2ccccc2-c2ccc(F)c(F)c2)cc1. The molecule has 0 radical (unpaired) electrons. The normalized spacial score (nSPS) is 10.7. The van der Waals surface area contributed by atoms with Gasteiger partial charge in [-0.1, -0.05) is 60.7 Å². The van der Waals surface area contributed by atoms with Crippen LogP contribution in [-0.4, -0.2) is 0 Å². The molecule has 0 aliphatic heterocycles. The average molecular weight is 348 g/mol. The summed E-state index contributed by atoms with van der Waals surface area (Å²) in [6, 6.07) is 20.3. The molecule has 3 aromatic rings. The van der Waals surface area contributed by atoms with Crippen LogP contribution in [0.15, 0.2) is 79.4 Å². The molecular weight excluding hydrogens is 326 g/mol. The minimum atomic E-state index is -0.827. The highest BCUT2D eigenvalue weighted by atomic mass is 19.2. The number of hydrogen-bond donors (Lipinski definition) is 0. The summed E-state index contributed by atoms with van der Waals surface area (Å²) in [5.41, 5.74) is 4.96. The minimum Gasteiger partial charge on any atom is -0.204 e. The van der Waals surface area contributed by atoms with Crippen molar-refractivity contribution in [2.45, 2.75) is 25.7 Å². The predicted molar refractivity (Wildman–Crippen MR) is 105 cm³/mol. The topological polar surface area (TPSA) is 0 Å². The number of aryl methyl sites for hydroxylation is 1. The monoisotopic (exact) mass is 348 g/mol. The van der Waals surface area contributed by atoms with E-state index in [-0.39, 0.29) is 0 Å². The van der Waals surface area contributed by atoms with Gasteiger partial charge in [0.15, 0.2) is 11.6 Å². The maximum atomic E-state index is 13.6. The van der Waals surface area contributed by atoms with E-state index in [4.69, 9.17) is 0 Å². The second kappa shape index (κ2) is 8.57. The lowest BCUT2D eigenvalue weighted by molar-refractivity contribution is 0.509. The van der Waals surface area contributed by atoms with Crippen molar-refractivity contribution in [2.75, 3.05) is 0 Å². The van der Waals surface area contributed by atoms with Crippen LogP contribution >= 0.6 is 0 Å². The van der Waals surface area contributed by atoms with Crippen molar-refractivity contribution in [1.82, 2.24) is 0 Å². The van der Waals surface area contributed by atoms with Crippen LogP contribution in [0.5, 0.6) is 0 Å². The average Bonchev–Trinajstić information content (AvgIpc) is 2.68. The minimum absolute atomic E-state index is 0.674. The molecule has 0 unspecified atom stereocenters. The summed E-state index contributed by atoms with van der Waals surface area (Å²) in [6.45, 7) is 3.75. The molecule has 0 aromatic heterocycles. The van der Waals surface area contributed by atoms with E-state index in [2.05, 4.69) is 30.8 Å². The highest BCUT2D eigenvalue weighted by molar-refractivity contribution is 5.83. The molecule has 0 atom stereocenters. The van der Waals surface area contributed by atoms with Crippen LogP contribution in [0.2, 0.25) is 0 Å². The summed E-state index contributed by atoms with van der Waals surface area (Å²) in [5, 5.41) is 0. The second-order valence-corrected chi connectivity index (χ2v) is 6.41. The molecule has 3 rings (SSSR count). The Balaban J connectivity index is 1.85. The smallest absolute Gasteiger partial charge is 0.159 e. The molecule has 0 amide bonds. The third-order valence-corrected chi connectivity index (χ3v) is 4.55. The van der Waals surface area contributed by atoms with E-state index >= 15 is 0 Å². The summed E-state index contributed by atoms with van der Waals surface area (Å²) in [4.78, 5) is 0. The lowest BCUT2D eigenvalue weighted by Crippen LogP contribution is -1.90. The molecule has 0 fully saturated rings. The van der Waals surface area contributed by atoms with Crippen LogP contribution in [0.3, 0.4) is 0 Å². The lowest BCUT2D eigenvalue weighted by atomic mass is 9.93. The predicted octanol–water partition coefficient (Wildman–Crippen LogP) is 7.20. The van der Waals surface area contributed by atoms with E-state index < -0.39 is 11.6 Å². The first-order chi connectivity index (χ1) is 12.7. The van der Waals surface area contributed by atoms with Crippen molar-refractivity contribution in [3.05, 3.63) is 96.6 Å². The molecule has 0 N–H and O–H groups in total. The molecule has 0 aliphatic rings. The van der Waals surface area contributed by atoms with Gasteiger partial charge in [-0.15, -0.1) is 6.58 Å². The number of halogens is 2. The van der Waals surface area contributed by atoms with Gasteiger partial charge in [-0.05, 0) is 65.6 Å². The number of benzene rings is 3. The van der Waals surface area contributed by atoms with Crippen LogP contribution in [0, 0.1) is 11.6 Å². The highest BCUT2D eigenvalue weighted by Crippen LogP contribution is 2.32. The number of unbranched alkanes of at least 4 members (excludes halogenated alkanes) is 2. The van der Waals surface area contributed by atoms with Crippen molar-refractivity contribution < 1.29 is 8.78 Å². The standard InChI is InChI=1S/C24H22F2/c1-2-3-4-5-8-18-11-13-19(14-12-18)21-9-6-7-10-22(21)20-15-16-23(25)24(26)17-20/h2,6-7,9-17H,1,3-5,8H2. The third-order valence-electron chi connectivity index (χ3n) is 4.55. The van der Waals surface area contributed by atoms with Gasteiger partial charge in [0.1, 0.15) is 0 Å². The van der Waals surface area contributed by atoms with Gasteiger partial charge in [-0.2, -0.15) is 0 Å². The van der Waals surface area contributed by atoms with E-state index in [0.717, 1.165) is 42.4 Å². The summed E-state index contributed by atoms with van der Waals surface area (Å²) in [5.74, 6) is -1.65. The first-order valence-electron chi connectivity index (χ1n) is 8.93. The molecule has 0 bridgehead atoms. The van der Waals surface area contributed by atoms with E-state index in [0.29, 0.717) is 5.56 Å². The second-order valence-electron chi connectivity index (χ2n) is 6.41. The molecular formula is C24H22F2. The maximum absolute atomic E-state index is 13.6. The van der Waals surface area contributed by atoms with Gasteiger partial charge in [0.2, 0.25) is 0 Å². The van der Waals surface area contributed by atoms with Crippen LogP contribution in [-0.2, 0) is 6.42 Å². The Morgan fingerprint density at radius 1 is 0.731 bits per heavy atom. The fourth-order valence-corrected chi connectivity index (χ4v) is 3.12. The number of rotatable bonds is 7. The van der Waals surface area contributed by atoms with E-state index in [1.54, 1.807) is 6.07 Å². The van der Waals surface area contributed by atoms with Gasteiger partial charge in [0, 0.05) is 0 Å². The largest absolute Gasteiger partial charge is 0.204 e. The van der Waals surface area contributed by atoms with Gasteiger partial charge in [0.25, 0.3) is 0 Å². The Hall–Kier alpha value is -2.74. The molecule has 0 saturated heterocycles. The Morgan fingerprint density at radius 3 is 2.04 bits per heavy atom. The third kappa shape index (κ3) is 4.26. The number of hydrogen-bond acceptors (Lipinski definition) is 0. The zero-order valence-corrected chi connectivity index (χ0v) is 14.7. The fraction of sp³-hybridized carbons (Fsp3) is 0.167. The lowest BCUT2D eigenvalue weighted by Gasteiger charge is -2.11. The molecule has 0 spiro atoms. The molecule has 0 heterocycles. The van der Waals surface area contributed by atoms with E-state index in [9.17, 15) is 8.78 Å². The van der Waals surface area contributed by atoms with Gasteiger partial charge in [-0.3, -0.25) is 0 Å². The quantitative estimate of drug-likeness (QED) is 0.313. The van der Waals surface area contributed by atoms with Crippen molar-refractivity contribution >= 4 is 0 Å². The zero-order chi connectivity index (χ0) is 18.4. The Bertz CT molecular complexity index is 879. The molecule has 2 heteroatoms. The van der Waals surface area contributed by atoms with Crippen LogP contribution in [0.25, 0.3) is 22.3 Å². The van der Waals surface area contributed by atoms with Crippen molar-refractivity contribution in [3.63, 3.8) is 0 Å². The number of allylic oxidation sites excluding steroid dienone is 1. The van der Waals surface area contributed by atoms with Gasteiger partial charge in [-0.25, -0.2) is 8.78 Å². The van der Waals surface area contributed by atoms with Gasteiger partial charge >= 0.3 is 0 Å². The van der Waals surface area contributed by atoms with Gasteiger partial charge in [0.05, 0.1) is 0 Å². The molecule has 0 nitrogen and oxygen atoms in total. The summed E-state index contributed by atoms with van der Waals surface area (Å²) < 4.78 is 26.9. The maximum Gasteiger partial charge on any atom is 0.159 e. The summed E-state index contributed by atoms with van der Waals surface area (Å²) in [7, 11) is 0. The van der Waals surface area contributed by atoms with Crippen LogP contribution in [0.4, 0.5) is 8.78 Å². The van der Waals surface area contributed by atoms with Crippen LogP contribution in [0.1, 0.15) is 24.8 Å². The first-order valence-corrected chi connectivity index (χ1v) is 8.93. The van der Waals surface area contributed by atoms with Crippen molar-refractivity contribution in [3.8, 4) is 22.3 Å².